The number of hydrogen-bond acceptors (Lipinski definition) is 6. The van der Waals surface area contributed by atoms with Gasteiger partial charge in [0, 0.05) is 23.8 Å². The first kappa shape index (κ1) is 25.4. The Labute approximate surface area is 188 Å². The van der Waals surface area contributed by atoms with Crippen LogP contribution in [0.5, 0.6) is 0 Å². The SMILES string of the molecule is CN(CCCC(C=O)Nc1cc(F)cc(Cl)c1)C1COCCN(C(=O)OC(C)(C)C)C1. The number of likely N-dealkylation sites (N-methyl/N-ethyl adjacent to an activating group) is 1. The second kappa shape index (κ2) is 11.6. The van der Waals surface area contributed by atoms with Crippen molar-refractivity contribution >= 4 is 29.7 Å². The van der Waals surface area contributed by atoms with Crippen molar-refractivity contribution in [2.45, 2.75) is 51.3 Å². The maximum Gasteiger partial charge on any atom is 0.410 e. The number of ether oxygens (including phenoxy) is 2. The second-order valence-electron chi connectivity index (χ2n) is 8.82. The first-order valence-electron chi connectivity index (χ1n) is 10.5. The number of rotatable bonds is 8. The molecule has 1 aliphatic heterocycles. The molecule has 0 saturated carbocycles. The smallest absolute Gasteiger partial charge is 0.410 e. The Morgan fingerprint density at radius 2 is 2.19 bits per heavy atom. The van der Waals surface area contributed by atoms with E-state index in [0.29, 0.717) is 45.0 Å². The number of carbonyl (C=O) groups is 2. The molecule has 0 spiro atoms. The van der Waals surface area contributed by atoms with Gasteiger partial charge in [-0.2, -0.15) is 0 Å². The van der Waals surface area contributed by atoms with E-state index < -0.39 is 17.5 Å². The van der Waals surface area contributed by atoms with Gasteiger partial charge >= 0.3 is 6.09 Å². The molecule has 0 radical (unpaired) electrons. The standard InChI is InChI=1S/C22H33ClFN3O4/c1-22(2,3)31-21(29)27-8-9-30-15-20(13-27)26(4)7-5-6-18(14-28)25-19-11-16(23)10-17(24)12-19/h10-12,14,18,20,25H,5-9,13,15H2,1-4H3. The normalized spacial score (nSPS) is 18.4. The maximum absolute atomic E-state index is 13.5. The number of halogens is 2. The molecule has 2 atom stereocenters. The average molecular weight is 458 g/mol. The fourth-order valence-electron chi connectivity index (χ4n) is 3.32. The predicted octanol–water partition coefficient (Wildman–Crippen LogP) is 3.81. The van der Waals surface area contributed by atoms with Gasteiger partial charge in [-0.3, -0.25) is 4.90 Å². The molecule has 1 aliphatic rings. The summed E-state index contributed by atoms with van der Waals surface area (Å²) >= 11 is 5.87. The van der Waals surface area contributed by atoms with E-state index in [0.717, 1.165) is 12.7 Å². The Morgan fingerprint density at radius 3 is 2.84 bits per heavy atom. The van der Waals surface area contributed by atoms with E-state index in [1.807, 2.05) is 27.8 Å². The zero-order valence-electron chi connectivity index (χ0n) is 18.7. The van der Waals surface area contributed by atoms with Gasteiger partial charge in [0.1, 0.15) is 17.7 Å². The molecule has 1 aromatic rings. The number of carbonyl (C=O) groups excluding carboxylic acids is 2. The second-order valence-corrected chi connectivity index (χ2v) is 9.26. The van der Waals surface area contributed by atoms with Crippen LogP contribution in [0.1, 0.15) is 33.6 Å². The molecule has 1 N–H and O–H groups in total. The molecule has 1 fully saturated rings. The molecule has 1 saturated heterocycles. The molecule has 31 heavy (non-hydrogen) atoms. The minimum Gasteiger partial charge on any atom is -0.444 e. The zero-order chi connectivity index (χ0) is 23.0. The highest BCUT2D eigenvalue weighted by Gasteiger charge is 2.28. The van der Waals surface area contributed by atoms with Crippen molar-refractivity contribution in [2.75, 3.05) is 45.2 Å². The number of aldehydes is 1. The van der Waals surface area contributed by atoms with E-state index in [1.54, 1.807) is 11.0 Å². The van der Waals surface area contributed by atoms with Crippen molar-refractivity contribution in [2.24, 2.45) is 0 Å². The third-order valence-electron chi connectivity index (χ3n) is 4.93. The molecule has 1 amide bonds. The molecule has 174 valence electrons. The highest BCUT2D eigenvalue weighted by Crippen LogP contribution is 2.19. The Bertz CT molecular complexity index is 724. The lowest BCUT2D eigenvalue weighted by atomic mass is 10.1. The van der Waals surface area contributed by atoms with Crippen LogP contribution in [0.4, 0.5) is 14.9 Å². The van der Waals surface area contributed by atoms with Crippen molar-refractivity contribution in [3.8, 4) is 0 Å². The molecule has 0 aliphatic carbocycles. The molecular formula is C22H33ClFN3O4. The number of nitrogens with zero attached hydrogens (tertiary/aromatic N) is 2. The van der Waals surface area contributed by atoms with Crippen LogP contribution >= 0.6 is 11.6 Å². The summed E-state index contributed by atoms with van der Waals surface area (Å²) in [5.41, 5.74) is -0.0744. The summed E-state index contributed by atoms with van der Waals surface area (Å²) in [5.74, 6) is -0.456. The minimum absolute atomic E-state index is 0.0275. The van der Waals surface area contributed by atoms with Crippen LogP contribution in [0, 0.1) is 5.82 Å². The lowest BCUT2D eigenvalue weighted by molar-refractivity contribution is -0.108. The third kappa shape index (κ3) is 9.01. The van der Waals surface area contributed by atoms with Crippen LogP contribution in [0.3, 0.4) is 0 Å². The molecule has 0 bridgehead atoms. The molecule has 2 rings (SSSR count). The Morgan fingerprint density at radius 1 is 1.45 bits per heavy atom. The van der Waals surface area contributed by atoms with Crippen LogP contribution in [0.25, 0.3) is 0 Å². The van der Waals surface area contributed by atoms with Crippen molar-refractivity contribution in [1.82, 2.24) is 9.80 Å². The Kier molecular flexibility index (Phi) is 9.53. The maximum atomic E-state index is 13.5. The largest absolute Gasteiger partial charge is 0.444 e. The number of hydrogen-bond donors (Lipinski definition) is 1. The fourth-order valence-corrected chi connectivity index (χ4v) is 3.54. The van der Waals surface area contributed by atoms with Gasteiger partial charge in [0.2, 0.25) is 0 Å². The number of nitrogens with one attached hydrogen (secondary N) is 1. The van der Waals surface area contributed by atoms with Crippen LogP contribution in [0.2, 0.25) is 5.02 Å². The van der Waals surface area contributed by atoms with Gasteiger partial charge < -0.3 is 24.5 Å². The Balaban J connectivity index is 1.84. The quantitative estimate of drug-likeness (QED) is 0.598. The number of anilines is 1. The summed E-state index contributed by atoms with van der Waals surface area (Å²) in [6.45, 7) is 8.25. The van der Waals surface area contributed by atoms with E-state index in [4.69, 9.17) is 21.1 Å². The fraction of sp³-hybridized carbons (Fsp3) is 0.636. The number of benzene rings is 1. The van der Waals surface area contributed by atoms with Gasteiger partial charge in [-0.1, -0.05) is 11.6 Å². The first-order valence-corrected chi connectivity index (χ1v) is 10.9. The molecule has 0 aromatic heterocycles. The first-order chi connectivity index (χ1) is 14.6. The zero-order valence-corrected chi connectivity index (χ0v) is 19.5. The lowest BCUT2D eigenvalue weighted by Gasteiger charge is -2.31. The lowest BCUT2D eigenvalue weighted by Crippen LogP contribution is -2.46. The van der Waals surface area contributed by atoms with Gasteiger partial charge in [0.25, 0.3) is 0 Å². The summed E-state index contributed by atoms with van der Waals surface area (Å²) in [4.78, 5) is 27.7. The van der Waals surface area contributed by atoms with Gasteiger partial charge in [0.05, 0.1) is 25.3 Å². The van der Waals surface area contributed by atoms with Gasteiger partial charge in [0.15, 0.2) is 0 Å². The average Bonchev–Trinajstić information content (AvgIpc) is 2.91. The monoisotopic (exact) mass is 457 g/mol. The summed E-state index contributed by atoms with van der Waals surface area (Å²) in [6.07, 6.45) is 1.79. The highest BCUT2D eigenvalue weighted by atomic mass is 35.5. The van der Waals surface area contributed by atoms with E-state index in [9.17, 15) is 14.0 Å². The molecule has 9 heteroatoms. The van der Waals surface area contributed by atoms with Gasteiger partial charge in [-0.15, -0.1) is 0 Å². The van der Waals surface area contributed by atoms with Crippen molar-refractivity contribution in [1.29, 1.82) is 0 Å². The highest BCUT2D eigenvalue weighted by molar-refractivity contribution is 6.30. The van der Waals surface area contributed by atoms with Gasteiger partial charge in [-0.05, 0) is 65.4 Å². The van der Waals surface area contributed by atoms with Crippen molar-refractivity contribution in [3.63, 3.8) is 0 Å². The summed E-state index contributed by atoms with van der Waals surface area (Å²) in [7, 11) is 1.97. The van der Waals surface area contributed by atoms with Crippen LogP contribution in [-0.4, -0.2) is 79.8 Å². The predicted molar refractivity (Wildman–Crippen MR) is 119 cm³/mol. The van der Waals surface area contributed by atoms with E-state index in [-0.39, 0.29) is 17.2 Å². The number of amides is 1. The summed E-state index contributed by atoms with van der Waals surface area (Å²) < 4.78 is 24.7. The molecule has 1 heterocycles. The summed E-state index contributed by atoms with van der Waals surface area (Å²) in [6, 6.07) is 3.69. The van der Waals surface area contributed by atoms with E-state index in [2.05, 4.69) is 10.2 Å². The topological polar surface area (TPSA) is 71.1 Å². The molecular weight excluding hydrogens is 425 g/mol. The van der Waals surface area contributed by atoms with Crippen molar-refractivity contribution < 1.29 is 23.5 Å². The van der Waals surface area contributed by atoms with Crippen LogP contribution in [0.15, 0.2) is 18.2 Å². The molecule has 7 nitrogen and oxygen atoms in total. The Hall–Kier alpha value is -1.90. The molecule has 1 aromatic carbocycles. The summed E-state index contributed by atoms with van der Waals surface area (Å²) in [5, 5.41) is 3.29. The third-order valence-corrected chi connectivity index (χ3v) is 5.15. The van der Waals surface area contributed by atoms with Crippen LogP contribution in [-0.2, 0) is 14.3 Å². The molecule has 2 unspecified atom stereocenters. The van der Waals surface area contributed by atoms with Crippen LogP contribution < -0.4 is 5.32 Å². The van der Waals surface area contributed by atoms with Gasteiger partial charge in [-0.25, -0.2) is 9.18 Å². The van der Waals surface area contributed by atoms with Crippen molar-refractivity contribution in [3.05, 3.63) is 29.0 Å². The van der Waals surface area contributed by atoms with E-state index in [1.165, 1.54) is 12.1 Å². The van der Waals surface area contributed by atoms with E-state index >= 15 is 0 Å². The minimum atomic E-state index is -0.547.